The Balaban J connectivity index is 2.44. The Bertz CT molecular complexity index is 495. The van der Waals surface area contributed by atoms with Gasteiger partial charge in [-0.1, -0.05) is 44.2 Å². The van der Waals surface area contributed by atoms with Crippen LogP contribution in [0.15, 0.2) is 42.7 Å². The number of hydrogen-bond acceptors (Lipinski definition) is 2. The molecule has 0 amide bonds. The fourth-order valence-electron chi connectivity index (χ4n) is 1.77. The number of aromatic nitrogens is 2. The normalized spacial score (nSPS) is 11.5. The topological polar surface area (TPSA) is 25.8 Å². The predicted molar refractivity (Wildman–Crippen MR) is 65.4 cm³/mol. The lowest BCUT2D eigenvalue weighted by molar-refractivity contribution is 0.469. The molecule has 0 saturated carbocycles. The van der Waals surface area contributed by atoms with Gasteiger partial charge < -0.3 is 0 Å². The van der Waals surface area contributed by atoms with Crippen LogP contribution < -0.4 is 0 Å². The Morgan fingerprint density at radius 2 is 1.82 bits per heavy atom. The summed E-state index contributed by atoms with van der Waals surface area (Å²) in [6.45, 7) is 3.55. The molecule has 0 spiro atoms. The lowest BCUT2D eigenvalue weighted by atomic mass is 9.82. The molecule has 2 nitrogen and oxygen atoms in total. The molecular formula is C14H15FN2. The molecule has 0 unspecified atom stereocenters. The summed E-state index contributed by atoms with van der Waals surface area (Å²) >= 11 is 0. The van der Waals surface area contributed by atoms with E-state index in [9.17, 15) is 4.39 Å². The van der Waals surface area contributed by atoms with Crippen LogP contribution in [0.3, 0.4) is 0 Å². The highest BCUT2D eigenvalue weighted by Crippen LogP contribution is 2.29. The maximum absolute atomic E-state index is 12.6. The van der Waals surface area contributed by atoms with Crippen molar-refractivity contribution in [1.29, 1.82) is 0 Å². The molecule has 0 radical (unpaired) electrons. The smallest absolute Gasteiger partial charge is 0.133 e. The van der Waals surface area contributed by atoms with Crippen LogP contribution in [0.5, 0.6) is 0 Å². The molecule has 2 aromatic rings. The van der Waals surface area contributed by atoms with Crippen LogP contribution in [0.1, 0.15) is 30.8 Å². The third-order valence-electron chi connectivity index (χ3n) is 2.96. The van der Waals surface area contributed by atoms with Crippen molar-refractivity contribution in [1.82, 2.24) is 9.97 Å². The number of rotatable bonds is 3. The SMILES string of the molecule is CC(C)(c1ccccc1)c1cncc(CF)n1. The third kappa shape index (κ3) is 2.33. The highest BCUT2D eigenvalue weighted by atomic mass is 19.1. The molecule has 0 aliphatic rings. The fourth-order valence-corrected chi connectivity index (χ4v) is 1.77. The number of benzene rings is 1. The van der Waals surface area contributed by atoms with Gasteiger partial charge >= 0.3 is 0 Å². The Labute approximate surface area is 101 Å². The van der Waals surface area contributed by atoms with Crippen molar-refractivity contribution in [2.24, 2.45) is 0 Å². The van der Waals surface area contributed by atoms with Crippen molar-refractivity contribution in [2.45, 2.75) is 25.9 Å². The van der Waals surface area contributed by atoms with Gasteiger partial charge in [0, 0.05) is 11.6 Å². The maximum Gasteiger partial charge on any atom is 0.133 e. The maximum atomic E-state index is 12.6. The first-order valence-corrected chi connectivity index (χ1v) is 5.57. The van der Waals surface area contributed by atoms with Gasteiger partial charge in [0.15, 0.2) is 0 Å². The molecule has 0 bridgehead atoms. The van der Waals surface area contributed by atoms with Gasteiger partial charge in [0.25, 0.3) is 0 Å². The van der Waals surface area contributed by atoms with Crippen LogP contribution in [0.4, 0.5) is 4.39 Å². The van der Waals surface area contributed by atoms with E-state index in [1.165, 1.54) is 6.20 Å². The highest BCUT2D eigenvalue weighted by Gasteiger charge is 2.24. The minimum absolute atomic E-state index is 0.264. The number of alkyl halides is 1. The van der Waals surface area contributed by atoms with E-state index in [-0.39, 0.29) is 5.41 Å². The summed E-state index contributed by atoms with van der Waals surface area (Å²) in [6, 6.07) is 10.0. The van der Waals surface area contributed by atoms with E-state index in [2.05, 4.69) is 23.8 Å². The fraction of sp³-hybridized carbons (Fsp3) is 0.286. The second-order valence-electron chi connectivity index (χ2n) is 4.52. The Kier molecular flexibility index (Phi) is 3.18. The predicted octanol–water partition coefficient (Wildman–Crippen LogP) is 3.27. The summed E-state index contributed by atoms with van der Waals surface area (Å²) in [7, 11) is 0. The second kappa shape index (κ2) is 4.62. The molecule has 1 aromatic heterocycles. The van der Waals surface area contributed by atoms with E-state index in [1.54, 1.807) is 6.20 Å². The Morgan fingerprint density at radius 1 is 1.12 bits per heavy atom. The summed E-state index contributed by atoms with van der Waals surface area (Å²) < 4.78 is 12.6. The van der Waals surface area contributed by atoms with Gasteiger partial charge in [-0.05, 0) is 5.56 Å². The van der Waals surface area contributed by atoms with Gasteiger partial charge in [0.05, 0.1) is 17.6 Å². The standard InChI is InChI=1S/C14H15FN2/c1-14(2,11-6-4-3-5-7-11)13-10-16-9-12(8-15)17-13/h3-7,9-10H,8H2,1-2H3. The Hall–Kier alpha value is -1.77. The summed E-state index contributed by atoms with van der Waals surface area (Å²) in [5.41, 5.74) is 2.05. The van der Waals surface area contributed by atoms with Crippen molar-refractivity contribution >= 4 is 0 Å². The summed E-state index contributed by atoms with van der Waals surface area (Å²) in [5.74, 6) is 0. The minimum atomic E-state index is -0.578. The van der Waals surface area contributed by atoms with Gasteiger partial charge in [-0.3, -0.25) is 9.97 Å². The molecule has 0 atom stereocenters. The van der Waals surface area contributed by atoms with E-state index in [0.29, 0.717) is 5.69 Å². The molecule has 17 heavy (non-hydrogen) atoms. The summed E-state index contributed by atoms with van der Waals surface area (Å²) in [6.07, 6.45) is 3.16. The average Bonchev–Trinajstić information content (AvgIpc) is 2.40. The van der Waals surface area contributed by atoms with E-state index >= 15 is 0 Å². The van der Waals surface area contributed by atoms with E-state index in [1.807, 2.05) is 30.3 Å². The van der Waals surface area contributed by atoms with Crippen LogP contribution in [0.25, 0.3) is 0 Å². The van der Waals surface area contributed by atoms with E-state index in [4.69, 9.17) is 0 Å². The molecule has 0 aliphatic heterocycles. The monoisotopic (exact) mass is 230 g/mol. The van der Waals surface area contributed by atoms with Gasteiger partial charge in [0.2, 0.25) is 0 Å². The van der Waals surface area contributed by atoms with Crippen molar-refractivity contribution in [3.63, 3.8) is 0 Å². The van der Waals surface area contributed by atoms with Crippen molar-refractivity contribution in [3.8, 4) is 0 Å². The largest absolute Gasteiger partial charge is 0.261 e. The van der Waals surface area contributed by atoms with Crippen molar-refractivity contribution < 1.29 is 4.39 Å². The lowest BCUT2D eigenvalue weighted by Crippen LogP contribution is -2.21. The van der Waals surface area contributed by atoms with Crippen LogP contribution in [0.2, 0.25) is 0 Å². The second-order valence-corrected chi connectivity index (χ2v) is 4.52. The molecule has 88 valence electrons. The number of halogens is 1. The molecule has 0 aliphatic carbocycles. The zero-order valence-electron chi connectivity index (χ0n) is 10.0. The lowest BCUT2D eigenvalue weighted by Gasteiger charge is -2.24. The first-order valence-electron chi connectivity index (χ1n) is 5.57. The van der Waals surface area contributed by atoms with Crippen LogP contribution >= 0.6 is 0 Å². The molecule has 0 fully saturated rings. The van der Waals surface area contributed by atoms with Gasteiger partial charge in [-0.2, -0.15) is 0 Å². The molecule has 1 aromatic carbocycles. The molecular weight excluding hydrogens is 215 g/mol. The quantitative estimate of drug-likeness (QED) is 0.808. The third-order valence-corrected chi connectivity index (χ3v) is 2.96. The molecule has 3 heteroatoms. The van der Waals surface area contributed by atoms with Crippen molar-refractivity contribution in [3.05, 3.63) is 59.7 Å². The van der Waals surface area contributed by atoms with Crippen LogP contribution in [-0.4, -0.2) is 9.97 Å². The first kappa shape index (κ1) is 11.7. The zero-order valence-corrected chi connectivity index (χ0v) is 10.0. The molecule has 0 N–H and O–H groups in total. The summed E-state index contributed by atoms with van der Waals surface area (Å²) in [5, 5.41) is 0. The number of hydrogen-bond donors (Lipinski definition) is 0. The highest BCUT2D eigenvalue weighted by molar-refractivity contribution is 5.32. The van der Waals surface area contributed by atoms with Gasteiger partial charge in [-0.25, -0.2) is 4.39 Å². The first-order chi connectivity index (χ1) is 8.14. The summed E-state index contributed by atoms with van der Waals surface area (Å²) in [4.78, 5) is 8.35. The number of nitrogens with zero attached hydrogens (tertiary/aromatic N) is 2. The molecule has 2 rings (SSSR count). The Morgan fingerprint density at radius 3 is 2.47 bits per heavy atom. The van der Waals surface area contributed by atoms with E-state index in [0.717, 1.165) is 11.3 Å². The zero-order chi connectivity index (χ0) is 12.3. The van der Waals surface area contributed by atoms with E-state index < -0.39 is 6.67 Å². The molecule has 0 saturated heterocycles. The minimum Gasteiger partial charge on any atom is -0.261 e. The molecule has 1 heterocycles. The van der Waals surface area contributed by atoms with Crippen molar-refractivity contribution in [2.75, 3.05) is 0 Å². The van der Waals surface area contributed by atoms with Crippen LogP contribution in [-0.2, 0) is 12.1 Å². The van der Waals surface area contributed by atoms with Gasteiger partial charge in [0.1, 0.15) is 6.67 Å². The van der Waals surface area contributed by atoms with Gasteiger partial charge in [-0.15, -0.1) is 0 Å². The average molecular weight is 230 g/mol. The van der Waals surface area contributed by atoms with Crippen LogP contribution in [0, 0.1) is 0 Å².